The SMILES string of the molecule is Cc1ccc(N(C(=O)c2ccc(-c3ccc(CC[C@H]4NC(=O)C(CCN)NC(=O)[C@@H](NC(=O)[C@H](CCN)NC(=O)[C@@H](N)[C@@H](C)O)CCNC(=O)[C@H]([C@@H](C)O)NC(=O)[C@H](CCN)NC(=O)[C@H](CCN)NC(=O)[C@H](CC(C)C)NC4=O)cc3)cc2)c2nccc(N(C)c3ccc4c(C)n(C)nc4c3)n2)cc1S(N)(=O)=O. The summed E-state index contributed by atoms with van der Waals surface area (Å²) in [5, 5.41) is 55.2. The Labute approximate surface area is 626 Å². The minimum absolute atomic E-state index is 0.00633. The number of fused-ring (bicyclic) bond motifs is 1. The van der Waals surface area contributed by atoms with Gasteiger partial charge in [-0.1, -0.05) is 56.3 Å². The molecule has 35 nitrogen and oxygen atoms in total. The summed E-state index contributed by atoms with van der Waals surface area (Å²) in [5.74, 6) is -9.00. The number of aryl methyl sites for hydroxylation is 4. The van der Waals surface area contributed by atoms with E-state index in [1.165, 1.54) is 37.1 Å². The first kappa shape index (κ1) is 84.8. The first-order valence-electron chi connectivity index (χ1n) is 35.5. The number of carbonyl (C=O) groups is 10. The average Bonchev–Trinajstić information content (AvgIpc) is 1.12. The van der Waals surface area contributed by atoms with Crippen LogP contribution in [0.25, 0.3) is 22.0 Å². The van der Waals surface area contributed by atoms with E-state index in [0.29, 0.717) is 28.1 Å². The van der Waals surface area contributed by atoms with Crippen LogP contribution in [0.5, 0.6) is 0 Å². The van der Waals surface area contributed by atoms with Crippen molar-refractivity contribution in [1.82, 2.24) is 67.6 Å². The molecular weight excluding hydrogens is 1410 g/mol. The summed E-state index contributed by atoms with van der Waals surface area (Å²) < 4.78 is 27.5. The summed E-state index contributed by atoms with van der Waals surface area (Å²) in [6.45, 7) is 8.39. The van der Waals surface area contributed by atoms with Crippen LogP contribution in [0.3, 0.4) is 0 Å². The van der Waals surface area contributed by atoms with Crippen LogP contribution in [-0.4, -0.2) is 204 Å². The third-order valence-corrected chi connectivity index (χ3v) is 19.4. The number of sulfonamides is 1. The predicted octanol–water partition coefficient (Wildman–Crippen LogP) is -2.10. The second-order valence-corrected chi connectivity index (χ2v) is 28.6. The number of carbonyl (C=O) groups excluding carboxylic acids is 10. The van der Waals surface area contributed by atoms with Crippen LogP contribution in [0.15, 0.2) is 102 Å². The Balaban J connectivity index is 1.20. The smallest absolute Gasteiger partial charge is 0.265 e. The maximum absolute atomic E-state index is 15.0. The Morgan fingerprint density at radius 3 is 1.74 bits per heavy atom. The van der Waals surface area contributed by atoms with Gasteiger partial charge in [-0.3, -0.25) is 52.6 Å². The number of nitrogens with two attached hydrogens (primary N) is 6. The molecule has 7 rings (SSSR count). The summed E-state index contributed by atoms with van der Waals surface area (Å²) in [6.07, 6.45) is -2.75. The van der Waals surface area contributed by atoms with E-state index in [1.807, 2.05) is 32.2 Å². The lowest BCUT2D eigenvalue weighted by Crippen LogP contribution is -2.61. The van der Waals surface area contributed by atoms with Crippen LogP contribution < -0.4 is 91.5 Å². The van der Waals surface area contributed by atoms with Gasteiger partial charge in [0, 0.05) is 49.2 Å². The van der Waals surface area contributed by atoms with Crippen molar-refractivity contribution in [2.24, 2.45) is 46.8 Å². The van der Waals surface area contributed by atoms with Crippen molar-refractivity contribution in [3.05, 3.63) is 120 Å². The van der Waals surface area contributed by atoms with Gasteiger partial charge in [0.1, 0.15) is 60.2 Å². The molecule has 0 radical (unpaired) electrons. The Morgan fingerprint density at radius 2 is 1.19 bits per heavy atom. The van der Waals surface area contributed by atoms with Crippen molar-refractivity contribution in [2.45, 2.75) is 164 Å². The number of hydrogen-bond donors (Lipinski definition) is 17. The van der Waals surface area contributed by atoms with Gasteiger partial charge in [-0.05, 0) is 182 Å². The summed E-state index contributed by atoms with van der Waals surface area (Å²) >= 11 is 0. The lowest BCUT2D eigenvalue weighted by molar-refractivity contribution is -0.136. The minimum atomic E-state index is -4.27. The normalized spacial score (nSPS) is 20.1. The second-order valence-electron chi connectivity index (χ2n) is 27.1. The van der Waals surface area contributed by atoms with Gasteiger partial charge in [0.25, 0.3) is 5.91 Å². The Morgan fingerprint density at radius 1 is 0.657 bits per heavy atom. The standard InChI is InChI=1S/C72H101N21O14S/c1-38(2)35-57-68(102)84-52(24-30-74)64(98)83-54(26-32-76)67(101)89-61(42(6)95)70(104)79-33-27-55(85-65(99)53(25-31-75)86-69(103)60(77)41(5)94)66(100)82-51(23-29-73)63(97)81-50(62(96)87-57)22-12-43-10-13-44(14-11-43)45-15-17-46(18-16-45)71(105)93(48-19-9-39(3)58(37-48)108(78,106)107)72-80-34-28-59(88-72)91(7)47-20-21-49-40(4)92(8)90-56(49)36-47/h9-11,13-21,28,34,36-38,41-42,50-55,57,60-61,94-95H,12,22-27,29-33,35,73-77H2,1-8H3,(H,79,104)(H,81,97)(H,82,100)(H,83,98)(H,84,102)(H,85,99)(H,86,103)(H,87,96)(H,89,101)(H2,78,106,107)/t41-,42-,50-,51?,52+,53+,54+,55+,57+,60+,61+/m1/s1. The van der Waals surface area contributed by atoms with Gasteiger partial charge >= 0.3 is 0 Å². The van der Waals surface area contributed by atoms with Crippen LogP contribution in [0.2, 0.25) is 0 Å². The third-order valence-electron chi connectivity index (χ3n) is 18.3. The maximum atomic E-state index is 15.0. The number of amides is 10. The largest absolute Gasteiger partial charge is 0.391 e. The highest BCUT2D eigenvalue weighted by molar-refractivity contribution is 7.89. The molecule has 108 heavy (non-hydrogen) atoms. The molecule has 6 aromatic rings. The Bertz CT molecular complexity index is 4310. The first-order valence-corrected chi connectivity index (χ1v) is 37.0. The number of aromatic nitrogens is 4. The molecule has 1 fully saturated rings. The summed E-state index contributed by atoms with van der Waals surface area (Å²) in [4.78, 5) is 155. The quantitative estimate of drug-likeness (QED) is 0.0277. The molecule has 4 aromatic carbocycles. The predicted molar refractivity (Wildman–Crippen MR) is 403 cm³/mol. The number of hydrogen-bond acceptors (Lipinski definition) is 23. The number of anilines is 4. The average molecular weight is 1520 g/mol. The number of aliphatic hydroxyl groups excluding tert-OH is 2. The van der Waals surface area contributed by atoms with Crippen molar-refractivity contribution in [3.8, 4) is 11.1 Å². The molecule has 3 heterocycles. The van der Waals surface area contributed by atoms with Gasteiger partial charge < -0.3 is 91.6 Å². The van der Waals surface area contributed by atoms with Crippen molar-refractivity contribution < 1.29 is 66.6 Å². The number of nitrogens with one attached hydrogen (secondary N) is 9. The second kappa shape index (κ2) is 38.9. The lowest BCUT2D eigenvalue weighted by atomic mass is 9.98. The van der Waals surface area contributed by atoms with E-state index >= 15 is 0 Å². The van der Waals surface area contributed by atoms with Crippen LogP contribution in [-0.2, 0) is 66.6 Å². The summed E-state index contributed by atoms with van der Waals surface area (Å²) in [5.41, 5.74) is 34.6. The third kappa shape index (κ3) is 22.6. The molecule has 1 aliphatic rings. The monoisotopic (exact) mass is 1520 g/mol. The topological polar surface area (TPSA) is 560 Å². The molecule has 0 bridgehead atoms. The van der Waals surface area contributed by atoms with E-state index in [9.17, 15) is 66.6 Å². The van der Waals surface area contributed by atoms with E-state index in [1.54, 1.807) is 98.1 Å². The molecule has 1 unspecified atom stereocenters. The molecule has 584 valence electrons. The van der Waals surface area contributed by atoms with Crippen molar-refractivity contribution >= 4 is 103 Å². The van der Waals surface area contributed by atoms with Gasteiger partial charge in [-0.2, -0.15) is 10.1 Å². The van der Waals surface area contributed by atoms with Crippen LogP contribution in [0.4, 0.5) is 23.1 Å². The van der Waals surface area contributed by atoms with Gasteiger partial charge in [0.15, 0.2) is 0 Å². The zero-order valence-corrected chi connectivity index (χ0v) is 62.5. The van der Waals surface area contributed by atoms with Crippen LogP contribution >= 0.6 is 0 Å². The fourth-order valence-corrected chi connectivity index (χ4v) is 12.8. The Hall–Kier alpha value is -10.4. The van der Waals surface area contributed by atoms with E-state index in [4.69, 9.17) is 38.8 Å². The zero-order valence-electron chi connectivity index (χ0n) is 61.7. The fraction of sp³-hybridized carbons (Fsp3) is 0.458. The molecule has 11 atom stereocenters. The number of benzene rings is 4. The highest BCUT2D eigenvalue weighted by Crippen LogP contribution is 2.33. The van der Waals surface area contributed by atoms with E-state index in [0.717, 1.165) is 22.3 Å². The maximum Gasteiger partial charge on any atom is 0.265 e. The number of aliphatic hydroxyl groups is 2. The molecule has 0 saturated carbocycles. The molecule has 0 spiro atoms. The highest BCUT2D eigenvalue weighted by Gasteiger charge is 2.37. The summed E-state index contributed by atoms with van der Waals surface area (Å²) in [7, 11) is -0.621. The van der Waals surface area contributed by atoms with E-state index in [-0.39, 0.29) is 99.1 Å². The van der Waals surface area contributed by atoms with Gasteiger partial charge in [0.2, 0.25) is 69.1 Å². The molecule has 10 amide bonds. The summed E-state index contributed by atoms with van der Waals surface area (Å²) in [6, 6.07) is 12.0. The molecule has 36 heteroatoms. The van der Waals surface area contributed by atoms with Crippen molar-refractivity contribution in [2.75, 3.05) is 49.6 Å². The number of primary sulfonamides is 1. The molecular formula is C72H101N21O14S. The molecule has 1 saturated heterocycles. The van der Waals surface area contributed by atoms with Crippen LogP contribution in [0, 0.1) is 19.8 Å². The molecule has 2 aromatic heterocycles. The van der Waals surface area contributed by atoms with Crippen LogP contribution in [0.1, 0.15) is 99.8 Å². The molecule has 0 aliphatic carbocycles. The zero-order chi connectivity index (χ0) is 79.4. The first-order chi connectivity index (χ1) is 51.2. The fourth-order valence-electron chi connectivity index (χ4n) is 12.0. The van der Waals surface area contributed by atoms with E-state index in [2.05, 4.69) is 57.9 Å². The van der Waals surface area contributed by atoms with Crippen molar-refractivity contribution in [3.63, 3.8) is 0 Å². The minimum Gasteiger partial charge on any atom is -0.391 e. The van der Waals surface area contributed by atoms with Gasteiger partial charge in [-0.15, -0.1) is 0 Å². The molecule has 23 N–H and O–H groups in total. The van der Waals surface area contributed by atoms with E-state index < -0.39 is 149 Å². The lowest BCUT2D eigenvalue weighted by Gasteiger charge is -2.28. The highest BCUT2D eigenvalue weighted by atomic mass is 32.2. The number of nitrogens with zero attached hydrogens (tertiary/aromatic N) is 6. The molecule has 1 aliphatic heterocycles. The van der Waals surface area contributed by atoms with Gasteiger partial charge in [-0.25, -0.2) is 23.4 Å². The van der Waals surface area contributed by atoms with Gasteiger partial charge in [0.05, 0.1) is 28.3 Å². The number of rotatable bonds is 26. The van der Waals surface area contributed by atoms with Crippen molar-refractivity contribution in [1.29, 1.82) is 0 Å². The Kier molecular flexibility index (Phi) is 30.5.